The molecule has 0 amide bonds. The van der Waals surface area contributed by atoms with E-state index in [1.807, 2.05) is 7.05 Å². The number of rotatable bonds is 4. The largest absolute Gasteiger partial charge is 0.320 e. The number of aryl methyl sites for hydroxylation is 1. The quantitative estimate of drug-likeness (QED) is 0.904. The minimum absolute atomic E-state index is 0.0414. The third-order valence-electron chi connectivity index (χ3n) is 2.80. The van der Waals surface area contributed by atoms with Crippen molar-refractivity contribution in [2.24, 2.45) is 7.05 Å². The lowest BCUT2D eigenvalue weighted by Crippen LogP contribution is -2.22. The van der Waals surface area contributed by atoms with Crippen LogP contribution in [-0.2, 0) is 13.6 Å². The van der Waals surface area contributed by atoms with Gasteiger partial charge in [0.25, 0.3) is 0 Å². The number of benzene rings is 1. The van der Waals surface area contributed by atoms with Gasteiger partial charge in [-0.1, -0.05) is 6.07 Å². The molecule has 2 rings (SSSR count). The van der Waals surface area contributed by atoms with Crippen LogP contribution in [0.2, 0.25) is 0 Å². The lowest BCUT2D eigenvalue weighted by Gasteiger charge is -2.15. The Morgan fingerprint density at radius 3 is 2.56 bits per heavy atom. The van der Waals surface area contributed by atoms with Gasteiger partial charge >= 0.3 is 0 Å². The van der Waals surface area contributed by atoms with E-state index in [0.717, 1.165) is 0 Å². The van der Waals surface area contributed by atoms with Gasteiger partial charge < -0.3 is 9.88 Å². The summed E-state index contributed by atoms with van der Waals surface area (Å²) >= 11 is 0. The SMILES string of the molecule is CC(NCc1nncn1C)c1c(F)cccc1F. The van der Waals surface area contributed by atoms with E-state index in [1.165, 1.54) is 18.2 Å². The molecule has 1 N–H and O–H groups in total. The molecule has 96 valence electrons. The van der Waals surface area contributed by atoms with Crippen molar-refractivity contribution in [1.82, 2.24) is 20.1 Å². The zero-order valence-electron chi connectivity index (χ0n) is 10.2. The molecule has 0 spiro atoms. The Morgan fingerprint density at radius 2 is 2.00 bits per heavy atom. The fourth-order valence-corrected chi connectivity index (χ4v) is 1.74. The fourth-order valence-electron chi connectivity index (χ4n) is 1.74. The van der Waals surface area contributed by atoms with Gasteiger partial charge in [0.2, 0.25) is 0 Å². The van der Waals surface area contributed by atoms with E-state index >= 15 is 0 Å². The van der Waals surface area contributed by atoms with Crippen molar-refractivity contribution in [2.75, 3.05) is 0 Å². The molecule has 0 saturated heterocycles. The first kappa shape index (κ1) is 12.6. The van der Waals surface area contributed by atoms with Gasteiger partial charge in [-0.25, -0.2) is 8.78 Å². The molecule has 0 bridgehead atoms. The van der Waals surface area contributed by atoms with Crippen LogP contribution >= 0.6 is 0 Å². The second kappa shape index (κ2) is 5.22. The molecule has 0 aliphatic rings. The third kappa shape index (κ3) is 2.53. The van der Waals surface area contributed by atoms with Gasteiger partial charge in [0.15, 0.2) is 0 Å². The Morgan fingerprint density at radius 1 is 1.33 bits per heavy atom. The molecule has 1 unspecified atom stereocenters. The summed E-state index contributed by atoms with van der Waals surface area (Å²) < 4.78 is 28.8. The van der Waals surface area contributed by atoms with E-state index < -0.39 is 17.7 Å². The summed E-state index contributed by atoms with van der Waals surface area (Å²) in [4.78, 5) is 0. The second-order valence-corrected chi connectivity index (χ2v) is 4.10. The second-order valence-electron chi connectivity index (χ2n) is 4.10. The smallest absolute Gasteiger partial charge is 0.146 e. The van der Waals surface area contributed by atoms with E-state index in [0.29, 0.717) is 12.4 Å². The van der Waals surface area contributed by atoms with E-state index in [2.05, 4.69) is 15.5 Å². The maximum atomic E-state index is 13.5. The summed E-state index contributed by atoms with van der Waals surface area (Å²) in [6.07, 6.45) is 1.57. The first-order valence-electron chi connectivity index (χ1n) is 5.59. The first-order chi connectivity index (χ1) is 8.59. The van der Waals surface area contributed by atoms with Crippen LogP contribution in [0.4, 0.5) is 8.78 Å². The number of nitrogens with zero attached hydrogens (tertiary/aromatic N) is 3. The highest BCUT2D eigenvalue weighted by Crippen LogP contribution is 2.20. The van der Waals surface area contributed by atoms with Crippen LogP contribution in [0.15, 0.2) is 24.5 Å². The van der Waals surface area contributed by atoms with Gasteiger partial charge in [-0.05, 0) is 19.1 Å². The average molecular weight is 252 g/mol. The van der Waals surface area contributed by atoms with Crippen molar-refractivity contribution in [3.05, 3.63) is 47.5 Å². The van der Waals surface area contributed by atoms with Crippen molar-refractivity contribution >= 4 is 0 Å². The van der Waals surface area contributed by atoms with Gasteiger partial charge in [-0.3, -0.25) is 0 Å². The van der Waals surface area contributed by atoms with Gasteiger partial charge in [-0.2, -0.15) is 0 Å². The summed E-state index contributed by atoms with van der Waals surface area (Å²) in [6.45, 7) is 2.10. The zero-order chi connectivity index (χ0) is 13.1. The molecular formula is C12H14F2N4. The Hall–Kier alpha value is -1.82. The number of halogens is 2. The highest BCUT2D eigenvalue weighted by atomic mass is 19.1. The first-order valence-corrected chi connectivity index (χ1v) is 5.59. The molecule has 0 fully saturated rings. The van der Waals surface area contributed by atoms with Crippen LogP contribution in [-0.4, -0.2) is 14.8 Å². The van der Waals surface area contributed by atoms with Gasteiger partial charge in [-0.15, -0.1) is 10.2 Å². The Bertz CT molecular complexity index is 518. The molecule has 0 aliphatic heterocycles. The number of hydrogen-bond acceptors (Lipinski definition) is 3. The molecular weight excluding hydrogens is 238 g/mol. The molecule has 1 heterocycles. The molecule has 0 radical (unpaired) electrons. The van der Waals surface area contributed by atoms with Crippen molar-refractivity contribution in [3.63, 3.8) is 0 Å². The van der Waals surface area contributed by atoms with Crippen LogP contribution in [0.3, 0.4) is 0 Å². The molecule has 6 heteroatoms. The summed E-state index contributed by atoms with van der Waals surface area (Å²) in [5.74, 6) is -0.389. The molecule has 0 saturated carbocycles. The average Bonchev–Trinajstić information content (AvgIpc) is 2.72. The van der Waals surface area contributed by atoms with Crippen molar-refractivity contribution in [2.45, 2.75) is 19.5 Å². The van der Waals surface area contributed by atoms with E-state index in [4.69, 9.17) is 0 Å². The van der Waals surface area contributed by atoms with Crippen LogP contribution in [0.1, 0.15) is 24.4 Å². The Balaban J connectivity index is 2.08. The number of nitrogens with one attached hydrogen (secondary N) is 1. The minimum atomic E-state index is -0.548. The molecule has 1 aromatic heterocycles. The van der Waals surface area contributed by atoms with E-state index in [-0.39, 0.29) is 5.56 Å². The lowest BCUT2D eigenvalue weighted by atomic mass is 10.1. The van der Waals surface area contributed by atoms with Crippen molar-refractivity contribution < 1.29 is 8.78 Å². The predicted molar refractivity (Wildman–Crippen MR) is 62.6 cm³/mol. The Labute approximate surface area is 104 Å². The third-order valence-corrected chi connectivity index (χ3v) is 2.80. The fraction of sp³-hybridized carbons (Fsp3) is 0.333. The number of hydrogen-bond donors (Lipinski definition) is 1. The molecule has 1 atom stereocenters. The highest BCUT2D eigenvalue weighted by Gasteiger charge is 2.15. The van der Waals surface area contributed by atoms with Crippen LogP contribution in [0, 0.1) is 11.6 Å². The molecule has 4 nitrogen and oxygen atoms in total. The maximum Gasteiger partial charge on any atom is 0.146 e. The summed E-state index contributed by atoms with van der Waals surface area (Å²) in [5, 5.41) is 10.6. The Kier molecular flexibility index (Phi) is 3.66. The van der Waals surface area contributed by atoms with Gasteiger partial charge in [0.1, 0.15) is 23.8 Å². The summed E-state index contributed by atoms with van der Waals surface area (Å²) in [7, 11) is 1.81. The monoisotopic (exact) mass is 252 g/mol. The van der Waals surface area contributed by atoms with Crippen molar-refractivity contribution in [1.29, 1.82) is 0 Å². The zero-order valence-corrected chi connectivity index (χ0v) is 10.2. The molecule has 2 aromatic rings. The van der Waals surface area contributed by atoms with Crippen LogP contribution < -0.4 is 5.32 Å². The number of aromatic nitrogens is 3. The van der Waals surface area contributed by atoms with Crippen LogP contribution in [0.25, 0.3) is 0 Å². The normalized spacial score (nSPS) is 12.7. The predicted octanol–water partition coefficient (Wildman–Crippen LogP) is 1.94. The topological polar surface area (TPSA) is 42.7 Å². The highest BCUT2D eigenvalue weighted by molar-refractivity contribution is 5.22. The van der Waals surface area contributed by atoms with Crippen LogP contribution in [0.5, 0.6) is 0 Å². The van der Waals surface area contributed by atoms with Gasteiger partial charge in [0, 0.05) is 18.7 Å². The van der Waals surface area contributed by atoms with E-state index in [1.54, 1.807) is 17.8 Å². The minimum Gasteiger partial charge on any atom is -0.320 e. The molecule has 0 aliphatic carbocycles. The molecule has 18 heavy (non-hydrogen) atoms. The van der Waals surface area contributed by atoms with E-state index in [9.17, 15) is 8.78 Å². The summed E-state index contributed by atoms with van der Waals surface area (Å²) in [5.41, 5.74) is 0.0414. The maximum absolute atomic E-state index is 13.5. The van der Waals surface area contributed by atoms with Gasteiger partial charge in [0.05, 0.1) is 6.54 Å². The lowest BCUT2D eigenvalue weighted by molar-refractivity contribution is 0.479. The molecule has 1 aromatic carbocycles. The standard InChI is InChI=1S/C12H14F2N4/c1-8(12-9(13)4-3-5-10(12)14)15-6-11-17-16-7-18(11)2/h3-5,7-8,15H,6H2,1-2H3. The van der Waals surface area contributed by atoms with Crippen molar-refractivity contribution in [3.8, 4) is 0 Å². The summed E-state index contributed by atoms with van der Waals surface area (Å²) in [6, 6.07) is 3.41.